The van der Waals surface area contributed by atoms with Crippen molar-refractivity contribution in [2.24, 2.45) is 0 Å². The van der Waals surface area contributed by atoms with E-state index < -0.39 is 5.97 Å². The molecule has 6 heteroatoms. The van der Waals surface area contributed by atoms with Crippen molar-refractivity contribution in [3.8, 4) is 0 Å². The highest BCUT2D eigenvalue weighted by molar-refractivity contribution is 6.03. The van der Waals surface area contributed by atoms with Gasteiger partial charge in [-0.2, -0.15) is 5.10 Å². The summed E-state index contributed by atoms with van der Waals surface area (Å²) in [7, 11) is 1.32. The van der Waals surface area contributed by atoms with Crippen LogP contribution in [0.5, 0.6) is 0 Å². The SMILES string of the molecule is COC(=O)c1ccc(NC(=O)c2ccc(C3CC3)nn2)cc1. The smallest absolute Gasteiger partial charge is 0.337 e. The van der Waals surface area contributed by atoms with Crippen molar-refractivity contribution in [1.82, 2.24) is 10.2 Å². The molecule has 1 fully saturated rings. The maximum Gasteiger partial charge on any atom is 0.337 e. The molecule has 1 aliphatic carbocycles. The second-order valence-electron chi connectivity index (χ2n) is 5.14. The summed E-state index contributed by atoms with van der Waals surface area (Å²) < 4.78 is 4.62. The van der Waals surface area contributed by atoms with Gasteiger partial charge in [-0.15, -0.1) is 5.10 Å². The zero-order valence-electron chi connectivity index (χ0n) is 12.1. The van der Waals surface area contributed by atoms with Crippen LogP contribution in [-0.4, -0.2) is 29.2 Å². The highest BCUT2D eigenvalue weighted by Crippen LogP contribution is 2.38. The van der Waals surface area contributed by atoms with Crippen LogP contribution in [-0.2, 0) is 4.74 Å². The van der Waals surface area contributed by atoms with Crippen LogP contribution in [0.2, 0.25) is 0 Å². The molecule has 2 aromatic rings. The molecular formula is C16H15N3O3. The highest BCUT2D eigenvalue weighted by atomic mass is 16.5. The Bertz CT molecular complexity index is 692. The molecule has 0 bridgehead atoms. The number of ether oxygens (including phenoxy) is 1. The van der Waals surface area contributed by atoms with Crippen molar-refractivity contribution in [2.75, 3.05) is 12.4 Å². The van der Waals surface area contributed by atoms with Crippen LogP contribution in [0.15, 0.2) is 36.4 Å². The third kappa shape index (κ3) is 3.11. The van der Waals surface area contributed by atoms with Crippen molar-refractivity contribution in [3.63, 3.8) is 0 Å². The number of nitrogens with one attached hydrogen (secondary N) is 1. The van der Waals surface area contributed by atoms with Gasteiger partial charge < -0.3 is 10.1 Å². The number of benzene rings is 1. The van der Waals surface area contributed by atoms with Crippen LogP contribution >= 0.6 is 0 Å². The number of nitrogens with zero attached hydrogens (tertiary/aromatic N) is 2. The number of carbonyl (C=O) groups excluding carboxylic acids is 2. The number of carbonyl (C=O) groups is 2. The normalized spacial score (nSPS) is 13.5. The average molecular weight is 297 g/mol. The number of hydrogen-bond acceptors (Lipinski definition) is 5. The van der Waals surface area contributed by atoms with Crippen molar-refractivity contribution in [1.29, 1.82) is 0 Å². The fourth-order valence-electron chi connectivity index (χ4n) is 2.06. The largest absolute Gasteiger partial charge is 0.465 e. The summed E-state index contributed by atoms with van der Waals surface area (Å²) in [6.45, 7) is 0. The van der Waals surface area contributed by atoms with Gasteiger partial charge in [-0.1, -0.05) is 0 Å². The van der Waals surface area contributed by atoms with Crippen LogP contribution < -0.4 is 5.32 Å². The number of anilines is 1. The lowest BCUT2D eigenvalue weighted by Gasteiger charge is -2.05. The standard InChI is InChI=1S/C16H15N3O3/c1-22-16(21)11-4-6-12(7-5-11)17-15(20)14-9-8-13(18-19-14)10-2-3-10/h4-10H,2-3H2,1H3,(H,17,20). The van der Waals surface area contributed by atoms with E-state index in [-0.39, 0.29) is 11.6 Å². The average Bonchev–Trinajstić information content (AvgIpc) is 3.40. The van der Waals surface area contributed by atoms with Gasteiger partial charge in [-0.3, -0.25) is 4.79 Å². The Morgan fingerprint density at radius 3 is 2.36 bits per heavy atom. The quantitative estimate of drug-likeness (QED) is 0.876. The molecule has 1 aliphatic rings. The lowest BCUT2D eigenvalue weighted by molar-refractivity contribution is 0.0600. The van der Waals surface area contributed by atoms with Crippen molar-refractivity contribution < 1.29 is 14.3 Å². The van der Waals surface area contributed by atoms with Gasteiger partial charge in [0.2, 0.25) is 0 Å². The van der Waals surface area contributed by atoms with E-state index in [0.29, 0.717) is 17.2 Å². The summed E-state index contributed by atoms with van der Waals surface area (Å²) in [6, 6.07) is 9.97. The fourth-order valence-corrected chi connectivity index (χ4v) is 2.06. The molecule has 6 nitrogen and oxygen atoms in total. The molecular weight excluding hydrogens is 282 g/mol. The first-order valence-corrected chi connectivity index (χ1v) is 7.01. The van der Waals surface area contributed by atoms with Gasteiger partial charge in [0.1, 0.15) is 0 Å². The summed E-state index contributed by atoms with van der Waals surface area (Å²) in [4.78, 5) is 23.4. The maximum absolute atomic E-state index is 12.1. The molecule has 0 atom stereocenters. The van der Waals surface area contributed by atoms with Crippen molar-refractivity contribution >= 4 is 17.6 Å². The van der Waals surface area contributed by atoms with Crippen LogP contribution in [0.1, 0.15) is 45.3 Å². The zero-order valence-corrected chi connectivity index (χ0v) is 12.1. The number of methoxy groups -OCH3 is 1. The summed E-state index contributed by atoms with van der Waals surface area (Å²) in [6.07, 6.45) is 2.29. The molecule has 0 saturated heterocycles. The second kappa shape index (κ2) is 5.93. The molecule has 1 saturated carbocycles. The van der Waals surface area contributed by atoms with Crippen LogP contribution in [0, 0.1) is 0 Å². The van der Waals surface area contributed by atoms with Crippen LogP contribution in [0.3, 0.4) is 0 Å². The number of rotatable bonds is 4. The van der Waals surface area contributed by atoms with E-state index in [1.54, 1.807) is 30.3 Å². The predicted molar refractivity (Wildman–Crippen MR) is 79.7 cm³/mol. The van der Waals surface area contributed by atoms with Gasteiger partial charge in [-0.05, 0) is 49.2 Å². The molecule has 1 aromatic heterocycles. The first-order chi connectivity index (χ1) is 10.7. The lowest BCUT2D eigenvalue weighted by atomic mass is 10.2. The molecule has 1 N–H and O–H groups in total. The summed E-state index contributed by atoms with van der Waals surface area (Å²) in [5.74, 6) is -0.240. The molecule has 22 heavy (non-hydrogen) atoms. The van der Waals surface area contributed by atoms with E-state index >= 15 is 0 Å². The monoisotopic (exact) mass is 297 g/mol. The molecule has 0 spiro atoms. The van der Waals surface area contributed by atoms with Gasteiger partial charge >= 0.3 is 5.97 Å². The van der Waals surface area contributed by atoms with Crippen molar-refractivity contribution in [2.45, 2.75) is 18.8 Å². The van der Waals surface area contributed by atoms with E-state index in [1.807, 2.05) is 6.07 Å². The minimum Gasteiger partial charge on any atom is -0.465 e. The van der Waals surface area contributed by atoms with Gasteiger partial charge in [0.15, 0.2) is 5.69 Å². The summed E-state index contributed by atoms with van der Waals surface area (Å²) >= 11 is 0. The minimum atomic E-state index is -0.417. The molecule has 0 radical (unpaired) electrons. The Morgan fingerprint density at radius 2 is 1.82 bits per heavy atom. The Hall–Kier alpha value is -2.76. The fraction of sp³-hybridized carbons (Fsp3) is 0.250. The molecule has 1 heterocycles. The maximum atomic E-state index is 12.1. The van der Waals surface area contributed by atoms with E-state index in [0.717, 1.165) is 18.5 Å². The van der Waals surface area contributed by atoms with Gasteiger partial charge in [0, 0.05) is 11.6 Å². The van der Waals surface area contributed by atoms with E-state index in [9.17, 15) is 9.59 Å². The van der Waals surface area contributed by atoms with E-state index in [2.05, 4.69) is 20.3 Å². The number of hydrogen-bond donors (Lipinski definition) is 1. The van der Waals surface area contributed by atoms with E-state index in [4.69, 9.17) is 0 Å². The molecule has 112 valence electrons. The first-order valence-electron chi connectivity index (χ1n) is 7.01. The third-order valence-electron chi connectivity index (χ3n) is 3.48. The lowest BCUT2D eigenvalue weighted by Crippen LogP contribution is -2.14. The van der Waals surface area contributed by atoms with Crippen LogP contribution in [0.25, 0.3) is 0 Å². The number of amides is 1. The first kappa shape index (κ1) is 14.2. The Morgan fingerprint density at radius 1 is 1.09 bits per heavy atom. The summed E-state index contributed by atoms with van der Waals surface area (Å²) in [5.41, 5.74) is 2.21. The Labute approximate surface area is 127 Å². The van der Waals surface area contributed by atoms with Gasteiger partial charge in [0.25, 0.3) is 5.91 Å². The molecule has 0 unspecified atom stereocenters. The van der Waals surface area contributed by atoms with Gasteiger partial charge in [-0.25, -0.2) is 4.79 Å². The predicted octanol–water partition coefficient (Wildman–Crippen LogP) is 2.39. The van der Waals surface area contributed by atoms with Gasteiger partial charge in [0.05, 0.1) is 18.4 Å². The number of esters is 1. The Kier molecular flexibility index (Phi) is 3.82. The van der Waals surface area contributed by atoms with Crippen molar-refractivity contribution in [3.05, 3.63) is 53.3 Å². The molecule has 3 rings (SSSR count). The highest BCUT2D eigenvalue weighted by Gasteiger charge is 2.25. The topological polar surface area (TPSA) is 81.2 Å². The molecule has 1 amide bonds. The van der Waals surface area contributed by atoms with E-state index in [1.165, 1.54) is 7.11 Å². The molecule has 1 aromatic carbocycles. The third-order valence-corrected chi connectivity index (χ3v) is 3.48. The molecule has 0 aliphatic heterocycles. The number of aromatic nitrogens is 2. The Balaban J connectivity index is 1.66. The summed E-state index contributed by atoms with van der Waals surface area (Å²) in [5, 5.41) is 10.8. The minimum absolute atomic E-state index is 0.265. The zero-order chi connectivity index (χ0) is 15.5. The van der Waals surface area contributed by atoms with Crippen LogP contribution in [0.4, 0.5) is 5.69 Å². The second-order valence-corrected chi connectivity index (χ2v) is 5.14.